The molecule has 0 aromatic rings. The summed E-state index contributed by atoms with van der Waals surface area (Å²) in [6.07, 6.45) is 1.94. The van der Waals surface area contributed by atoms with Crippen LogP contribution in [0.25, 0.3) is 0 Å². The lowest BCUT2D eigenvalue weighted by Crippen LogP contribution is -2.72. The second-order valence-corrected chi connectivity index (χ2v) is 7.91. The van der Waals surface area contributed by atoms with Gasteiger partial charge >= 0.3 is 0 Å². The smallest absolute Gasteiger partial charge is 0.216 e. The van der Waals surface area contributed by atoms with Gasteiger partial charge in [0.1, 0.15) is 0 Å². The monoisotopic (exact) mass is 300 g/mol. The third kappa shape index (κ3) is 2.82. The van der Waals surface area contributed by atoms with Crippen molar-refractivity contribution in [2.75, 3.05) is 26.7 Å². The zero-order chi connectivity index (χ0) is 15.6. The molecular formula is C13H24N4O2S. The molecule has 1 rings (SSSR count). The van der Waals surface area contributed by atoms with Crippen molar-refractivity contribution in [3.05, 3.63) is 12.8 Å². The molecule has 0 aromatic heterocycles. The Hall–Kier alpha value is -1.10. The van der Waals surface area contributed by atoms with Crippen LogP contribution in [0.5, 0.6) is 0 Å². The zero-order valence-corrected chi connectivity index (χ0v) is 13.5. The summed E-state index contributed by atoms with van der Waals surface area (Å²) in [4.78, 5) is 0. The van der Waals surface area contributed by atoms with E-state index in [0.29, 0.717) is 13.1 Å². The van der Waals surface area contributed by atoms with Gasteiger partial charge in [-0.2, -0.15) is 9.57 Å². The van der Waals surface area contributed by atoms with E-state index in [2.05, 4.69) is 12.6 Å². The van der Waals surface area contributed by atoms with Crippen LogP contribution in [-0.2, 0) is 10.0 Å². The molecule has 0 N–H and O–H groups in total. The molecule has 0 radical (unpaired) electrons. The molecule has 7 heteroatoms. The Labute approximate surface area is 122 Å². The summed E-state index contributed by atoms with van der Waals surface area (Å²) in [7, 11) is -1.36. The van der Waals surface area contributed by atoms with Crippen molar-refractivity contribution in [2.45, 2.75) is 38.0 Å². The number of hydrogen-bond donors (Lipinski definition) is 0. The number of nitriles is 1. The molecule has 0 bridgehead atoms. The second-order valence-electron chi connectivity index (χ2n) is 5.42. The summed E-state index contributed by atoms with van der Waals surface area (Å²) >= 11 is 0. The van der Waals surface area contributed by atoms with Crippen LogP contribution in [0.2, 0.25) is 0 Å². The van der Waals surface area contributed by atoms with Gasteiger partial charge in [-0.05, 0) is 13.8 Å². The molecular weight excluding hydrogens is 276 g/mol. The molecule has 0 unspecified atom stereocenters. The fraction of sp³-hybridized carbons (Fsp3) is 0.769. The minimum Gasteiger partial charge on any atom is -0.304 e. The molecule has 1 saturated heterocycles. The fourth-order valence-electron chi connectivity index (χ4n) is 2.42. The van der Waals surface area contributed by atoms with Crippen LogP contribution in [0.15, 0.2) is 12.8 Å². The lowest BCUT2D eigenvalue weighted by molar-refractivity contribution is -0.0983. The predicted molar refractivity (Wildman–Crippen MR) is 78.9 cm³/mol. The third-order valence-electron chi connectivity index (χ3n) is 3.79. The Balaban J connectivity index is 2.96. The first-order valence-electron chi connectivity index (χ1n) is 6.74. The lowest BCUT2D eigenvalue weighted by atomic mass is 9.88. The Morgan fingerprint density at radius 3 is 2.40 bits per heavy atom. The molecule has 114 valence electrons. The van der Waals surface area contributed by atoms with E-state index in [-0.39, 0.29) is 6.42 Å². The molecule has 0 saturated carbocycles. The van der Waals surface area contributed by atoms with Crippen LogP contribution in [-0.4, -0.2) is 60.2 Å². The van der Waals surface area contributed by atoms with Gasteiger partial charge in [-0.1, -0.05) is 13.5 Å². The number of hydrazine groups is 1. The highest BCUT2D eigenvalue weighted by molar-refractivity contribution is 7.89. The normalized spacial score (nSPS) is 18.6. The lowest BCUT2D eigenvalue weighted by Gasteiger charge is -2.56. The Bertz CT molecular complexity index is 489. The third-order valence-corrected chi connectivity index (χ3v) is 5.96. The minimum absolute atomic E-state index is 0.271. The van der Waals surface area contributed by atoms with Gasteiger partial charge in [-0.25, -0.2) is 13.4 Å². The van der Waals surface area contributed by atoms with E-state index in [1.54, 1.807) is 20.0 Å². The summed E-state index contributed by atoms with van der Waals surface area (Å²) in [5.74, 6) is 0. The summed E-state index contributed by atoms with van der Waals surface area (Å²) < 4.78 is 25.7. The Kier molecular flexibility index (Phi) is 5.19. The first kappa shape index (κ1) is 17.0. The first-order valence-corrected chi connectivity index (χ1v) is 8.24. The van der Waals surface area contributed by atoms with Crippen molar-refractivity contribution >= 4 is 10.0 Å². The van der Waals surface area contributed by atoms with Gasteiger partial charge in [0.2, 0.25) is 10.0 Å². The van der Waals surface area contributed by atoms with Crippen LogP contribution in [0.1, 0.15) is 27.2 Å². The molecule has 1 fully saturated rings. The van der Waals surface area contributed by atoms with E-state index in [1.807, 2.05) is 24.0 Å². The van der Waals surface area contributed by atoms with Crippen molar-refractivity contribution in [3.8, 4) is 6.07 Å². The fourth-order valence-corrected chi connectivity index (χ4v) is 3.86. The van der Waals surface area contributed by atoms with Crippen LogP contribution in [0, 0.1) is 11.3 Å². The standard InChI is InChI=1S/C13H24N4O2S/c1-6-15(5)17(7-2)13(8-9-14)10-16(11-13)20(18,19)12(3)4/h7,12H,2,6,8,10-11H2,1,3-5H3. The maximum absolute atomic E-state index is 12.1. The van der Waals surface area contributed by atoms with Crippen molar-refractivity contribution in [1.29, 1.82) is 5.26 Å². The minimum atomic E-state index is -3.26. The van der Waals surface area contributed by atoms with Gasteiger partial charge in [0.25, 0.3) is 0 Å². The number of nitrogens with zero attached hydrogens (tertiary/aromatic N) is 4. The average molecular weight is 300 g/mol. The number of sulfonamides is 1. The Morgan fingerprint density at radius 2 is 2.05 bits per heavy atom. The van der Waals surface area contributed by atoms with Crippen molar-refractivity contribution in [3.63, 3.8) is 0 Å². The highest BCUT2D eigenvalue weighted by atomic mass is 32.2. The highest BCUT2D eigenvalue weighted by Gasteiger charge is 2.52. The van der Waals surface area contributed by atoms with E-state index in [1.165, 1.54) is 4.31 Å². The topological polar surface area (TPSA) is 67.7 Å². The maximum Gasteiger partial charge on any atom is 0.216 e. The van der Waals surface area contributed by atoms with Gasteiger partial charge in [0, 0.05) is 32.9 Å². The van der Waals surface area contributed by atoms with Gasteiger partial charge in [0.05, 0.1) is 23.3 Å². The van der Waals surface area contributed by atoms with Gasteiger partial charge < -0.3 is 5.01 Å². The summed E-state index contributed by atoms with van der Waals surface area (Å²) in [5.41, 5.74) is -0.497. The second kappa shape index (κ2) is 6.12. The van der Waals surface area contributed by atoms with Gasteiger partial charge in [0.15, 0.2) is 0 Å². The van der Waals surface area contributed by atoms with Crippen LogP contribution in [0.3, 0.4) is 0 Å². The first-order chi connectivity index (χ1) is 9.25. The van der Waals surface area contributed by atoms with Crippen LogP contribution < -0.4 is 0 Å². The zero-order valence-electron chi connectivity index (χ0n) is 12.7. The molecule has 0 aromatic carbocycles. The van der Waals surface area contributed by atoms with Crippen LogP contribution >= 0.6 is 0 Å². The van der Waals surface area contributed by atoms with Crippen molar-refractivity contribution in [1.82, 2.24) is 14.3 Å². The van der Waals surface area contributed by atoms with Gasteiger partial charge in [-0.15, -0.1) is 0 Å². The molecule has 0 atom stereocenters. The summed E-state index contributed by atoms with van der Waals surface area (Å²) in [6, 6.07) is 2.17. The molecule has 0 amide bonds. The molecule has 20 heavy (non-hydrogen) atoms. The maximum atomic E-state index is 12.1. The van der Waals surface area contributed by atoms with E-state index < -0.39 is 20.8 Å². The SMILES string of the molecule is C=CN(N(C)CC)C1(CC#N)CN(S(=O)(=O)C(C)C)C1. The van der Waals surface area contributed by atoms with E-state index in [4.69, 9.17) is 5.26 Å². The molecule has 0 aliphatic carbocycles. The number of hydrogen-bond acceptors (Lipinski definition) is 5. The van der Waals surface area contributed by atoms with Crippen molar-refractivity contribution < 1.29 is 8.42 Å². The highest BCUT2D eigenvalue weighted by Crippen LogP contribution is 2.35. The van der Waals surface area contributed by atoms with Gasteiger partial charge in [-0.3, -0.25) is 0 Å². The largest absolute Gasteiger partial charge is 0.304 e. The molecule has 6 nitrogen and oxygen atoms in total. The summed E-state index contributed by atoms with van der Waals surface area (Å²) in [5, 5.41) is 12.5. The van der Waals surface area contributed by atoms with E-state index in [9.17, 15) is 8.42 Å². The van der Waals surface area contributed by atoms with Crippen LogP contribution in [0.4, 0.5) is 0 Å². The molecule has 1 heterocycles. The Morgan fingerprint density at radius 1 is 1.50 bits per heavy atom. The predicted octanol–water partition coefficient (Wildman–Crippen LogP) is 1.00. The van der Waals surface area contributed by atoms with Crippen molar-refractivity contribution in [2.24, 2.45) is 0 Å². The average Bonchev–Trinajstić information content (AvgIpc) is 2.34. The quantitative estimate of drug-likeness (QED) is 0.656. The molecule has 1 aliphatic rings. The number of rotatable bonds is 7. The summed E-state index contributed by atoms with van der Waals surface area (Å²) in [6.45, 7) is 10.5. The molecule has 1 aliphatic heterocycles. The molecule has 0 spiro atoms. The van der Waals surface area contributed by atoms with E-state index in [0.717, 1.165) is 6.54 Å². The van der Waals surface area contributed by atoms with E-state index >= 15 is 0 Å².